The van der Waals surface area contributed by atoms with Crippen LogP contribution in [-0.2, 0) is 4.74 Å². The maximum absolute atomic E-state index is 12.1. The van der Waals surface area contributed by atoms with Gasteiger partial charge in [-0.15, -0.1) is 11.3 Å². The highest BCUT2D eigenvalue weighted by atomic mass is 32.1. The summed E-state index contributed by atoms with van der Waals surface area (Å²) in [7, 11) is 1.74. The zero-order valence-corrected chi connectivity index (χ0v) is 10.9. The molecule has 98 valence electrons. The van der Waals surface area contributed by atoms with Gasteiger partial charge in [-0.2, -0.15) is 0 Å². The molecular formula is C12H15NO4S. The number of thiophene rings is 1. The number of aromatic carboxylic acids is 1. The van der Waals surface area contributed by atoms with Crippen molar-refractivity contribution < 1.29 is 19.4 Å². The average Bonchev–Trinajstić information content (AvgIpc) is 2.98. The Kier molecular flexibility index (Phi) is 3.98. The van der Waals surface area contributed by atoms with E-state index in [0.717, 1.165) is 24.4 Å². The quantitative estimate of drug-likeness (QED) is 0.900. The number of carboxylic acid groups (broad SMARTS) is 1. The van der Waals surface area contributed by atoms with Gasteiger partial charge in [0.1, 0.15) is 4.88 Å². The van der Waals surface area contributed by atoms with Crippen LogP contribution in [-0.4, -0.2) is 48.7 Å². The molecule has 0 aliphatic carbocycles. The van der Waals surface area contributed by atoms with Crippen molar-refractivity contribution in [2.75, 3.05) is 26.8 Å². The highest BCUT2D eigenvalue weighted by Gasteiger charge is 2.22. The van der Waals surface area contributed by atoms with Gasteiger partial charge < -0.3 is 14.7 Å². The third-order valence-electron chi connectivity index (χ3n) is 2.93. The Balaban J connectivity index is 1.98. The summed E-state index contributed by atoms with van der Waals surface area (Å²) < 4.78 is 5.27. The molecule has 1 aromatic heterocycles. The van der Waals surface area contributed by atoms with Crippen molar-refractivity contribution in [3.05, 3.63) is 21.9 Å². The van der Waals surface area contributed by atoms with Crippen LogP contribution in [0, 0.1) is 5.92 Å². The Bertz CT molecular complexity index is 451. The lowest BCUT2D eigenvalue weighted by atomic mass is 10.1. The third kappa shape index (κ3) is 2.88. The van der Waals surface area contributed by atoms with E-state index in [1.165, 1.54) is 6.07 Å². The fourth-order valence-electron chi connectivity index (χ4n) is 1.95. The number of hydrogen-bond acceptors (Lipinski definition) is 4. The van der Waals surface area contributed by atoms with Crippen molar-refractivity contribution in [2.24, 2.45) is 5.92 Å². The highest BCUT2D eigenvalue weighted by Crippen LogP contribution is 2.20. The van der Waals surface area contributed by atoms with Crippen molar-refractivity contribution in [3.8, 4) is 0 Å². The van der Waals surface area contributed by atoms with Crippen LogP contribution in [0.4, 0.5) is 0 Å². The zero-order valence-electron chi connectivity index (χ0n) is 10.1. The molecule has 0 spiro atoms. The maximum Gasteiger partial charge on any atom is 0.345 e. The van der Waals surface area contributed by atoms with Gasteiger partial charge in [-0.1, -0.05) is 0 Å². The Morgan fingerprint density at radius 1 is 1.50 bits per heavy atom. The van der Waals surface area contributed by atoms with Gasteiger partial charge in [-0.3, -0.25) is 4.79 Å². The molecule has 6 heteroatoms. The standard InChI is InChI=1S/C12H15NO4S/c1-13(6-8-4-5-17-7-8)11(14)9-2-3-10(18-9)12(15)16/h2-3,8H,4-7H2,1H3,(H,15,16). The monoisotopic (exact) mass is 269 g/mol. The Hall–Kier alpha value is -1.40. The molecule has 1 N–H and O–H groups in total. The predicted molar refractivity (Wildman–Crippen MR) is 67.2 cm³/mol. The number of carbonyl (C=O) groups excluding carboxylic acids is 1. The first-order chi connectivity index (χ1) is 8.58. The lowest BCUT2D eigenvalue weighted by molar-refractivity contribution is 0.0701. The van der Waals surface area contributed by atoms with Crippen molar-refractivity contribution in [3.63, 3.8) is 0 Å². The SMILES string of the molecule is CN(CC1CCOC1)C(=O)c1ccc(C(=O)O)s1. The first-order valence-electron chi connectivity index (χ1n) is 5.74. The summed E-state index contributed by atoms with van der Waals surface area (Å²) in [6, 6.07) is 3.03. The van der Waals surface area contributed by atoms with E-state index >= 15 is 0 Å². The average molecular weight is 269 g/mol. The van der Waals surface area contributed by atoms with Crippen molar-refractivity contribution >= 4 is 23.2 Å². The van der Waals surface area contributed by atoms with Gasteiger partial charge in [0.05, 0.1) is 11.5 Å². The van der Waals surface area contributed by atoms with Crippen LogP contribution in [0.2, 0.25) is 0 Å². The second-order valence-electron chi connectivity index (χ2n) is 4.38. The lowest BCUT2D eigenvalue weighted by Gasteiger charge is -2.19. The minimum Gasteiger partial charge on any atom is -0.477 e. The largest absolute Gasteiger partial charge is 0.477 e. The van der Waals surface area contributed by atoms with E-state index in [4.69, 9.17) is 9.84 Å². The first-order valence-corrected chi connectivity index (χ1v) is 6.56. The number of carboxylic acids is 1. The fourth-order valence-corrected chi connectivity index (χ4v) is 2.79. The molecule has 1 fully saturated rings. The molecule has 1 atom stereocenters. The summed E-state index contributed by atoms with van der Waals surface area (Å²) in [6.45, 7) is 2.11. The maximum atomic E-state index is 12.1. The van der Waals surface area contributed by atoms with E-state index in [9.17, 15) is 9.59 Å². The number of ether oxygens (including phenoxy) is 1. The Morgan fingerprint density at radius 3 is 2.78 bits per heavy atom. The predicted octanol–water partition coefficient (Wildman–Crippen LogP) is 1.55. The molecule has 2 heterocycles. The minimum atomic E-state index is -0.995. The van der Waals surface area contributed by atoms with Gasteiger partial charge >= 0.3 is 5.97 Å². The van der Waals surface area contributed by atoms with Gasteiger partial charge in [0.15, 0.2) is 0 Å². The Labute approximate surface area is 109 Å². The van der Waals surface area contributed by atoms with E-state index < -0.39 is 5.97 Å². The Morgan fingerprint density at radius 2 is 2.22 bits per heavy atom. The summed E-state index contributed by atoms with van der Waals surface area (Å²) in [4.78, 5) is 25.1. The van der Waals surface area contributed by atoms with Gasteiger partial charge in [0, 0.05) is 26.1 Å². The van der Waals surface area contributed by atoms with E-state index in [1.807, 2.05) is 0 Å². The summed E-state index contributed by atoms with van der Waals surface area (Å²) in [6.07, 6.45) is 0.975. The van der Waals surface area contributed by atoms with Crippen molar-refractivity contribution in [2.45, 2.75) is 6.42 Å². The van der Waals surface area contributed by atoms with Gasteiger partial charge in [-0.25, -0.2) is 4.79 Å². The third-order valence-corrected chi connectivity index (χ3v) is 3.99. The van der Waals surface area contributed by atoms with E-state index in [2.05, 4.69) is 0 Å². The molecule has 0 radical (unpaired) electrons. The molecule has 2 rings (SSSR count). The highest BCUT2D eigenvalue weighted by molar-refractivity contribution is 7.15. The number of hydrogen-bond donors (Lipinski definition) is 1. The van der Waals surface area contributed by atoms with Crippen LogP contribution >= 0.6 is 11.3 Å². The molecule has 18 heavy (non-hydrogen) atoms. The molecule has 0 aromatic carbocycles. The zero-order chi connectivity index (χ0) is 13.1. The fraction of sp³-hybridized carbons (Fsp3) is 0.500. The topological polar surface area (TPSA) is 66.8 Å². The summed E-state index contributed by atoms with van der Waals surface area (Å²) in [5.74, 6) is -0.733. The lowest BCUT2D eigenvalue weighted by Crippen LogP contribution is -2.31. The molecule has 1 aliphatic heterocycles. The number of rotatable bonds is 4. The second-order valence-corrected chi connectivity index (χ2v) is 5.47. The normalized spacial score (nSPS) is 18.8. The molecule has 5 nitrogen and oxygen atoms in total. The van der Waals surface area contributed by atoms with Crippen LogP contribution in [0.1, 0.15) is 25.8 Å². The summed E-state index contributed by atoms with van der Waals surface area (Å²) >= 11 is 1.01. The van der Waals surface area contributed by atoms with Gasteiger partial charge in [0.2, 0.25) is 0 Å². The van der Waals surface area contributed by atoms with Crippen LogP contribution < -0.4 is 0 Å². The molecule has 0 saturated carbocycles. The molecule has 0 bridgehead atoms. The van der Waals surface area contributed by atoms with Crippen molar-refractivity contribution in [1.82, 2.24) is 4.90 Å². The molecule has 1 saturated heterocycles. The van der Waals surface area contributed by atoms with Crippen LogP contribution in [0.5, 0.6) is 0 Å². The number of nitrogens with zero attached hydrogens (tertiary/aromatic N) is 1. The summed E-state index contributed by atoms with van der Waals surface area (Å²) in [5.41, 5.74) is 0. The first kappa shape index (κ1) is 13.0. The van der Waals surface area contributed by atoms with E-state index in [0.29, 0.717) is 23.9 Å². The van der Waals surface area contributed by atoms with Crippen LogP contribution in [0.15, 0.2) is 12.1 Å². The van der Waals surface area contributed by atoms with Gasteiger partial charge in [-0.05, 0) is 18.6 Å². The molecule has 1 amide bonds. The van der Waals surface area contributed by atoms with Crippen LogP contribution in [0.3, 0.4) is 0 Å². The molecular weight excluding hydrogens is 254 g/mol. The molecule has 1 unspecified atom stereocenters. The summed E-state index contributed by atoms with van der Waals surface area (Å²) in [5, 5.41) is 8.82. The van der Waals surface area contributed by atoms with Gasteiger partial charge in [0.25, 0.3) is 5.91 Å². The smallest absolute Gasteiger partial charge is 0.345 e. The second kappa shape index (κ2) is 5.49. The van der Waals surface area contributed by atoms with E-state index in [1.54, 1.807) is 18.0 Å². The van der Waals surface area contributed by atoms with Crippen LogP contribution in [0.25, 0.3) is 0 Å². The molecule has 1 aliphatic rings. The van der Waals surface area contributed by atoms with Crippen molar-refractivity contribution in [1.29, 1.82) is 0 Å². The number of amides is 1. The number of carbonyl (C=O) groups is 2. The van der Waals surface area contributed by atoms with E-state index in [-0.39, 0.29) is 10.8 Å². The molecule has 1 aromatic rings. The minimum absolute atomic E-state index is 0.126.